The molecule has 0 unspecified atom stereocenters. The van der Waals surface area contributed by atoms with Crippen molar-refractivity contribution in [3.63, 3.8) is 0 Å². The SMILES string of the molecule is C[C@H](O)CNC1CC(CO)(c2ccccc2)C1. The summed E-state index contributed by atoms with van der Waals surface area (Å²) in [5, 5.41) is 22.1. The first kappa shape index (κ1) is 12.6. The highest BCUT2D eigenvalue weighted by Crippen LogP contribution is 2.43. The molecule has 3 nitrogen and oxygen atoms in total. The van der Waals surface area contributed by atoms with Gasteiger partial charge in [-0.1, -0.05) is 30.3 Å². The fourth-order valence-corrected chi connectivity index (χ4v) is 2.61. The van der Waals surface area contributed by atoms with Crippen LogP contribution in [0.1, 0.15) is 25.3 Å². The maximum atomic E-state index is 9.61. The molecule has 1 atom stereocenters. The third-order valence-electron chi connectivity index (χ3n) is 3.67. The van der Waals surface area contributed by atoms with E-state index in [1.54, 1.807) is 6.92 Å². The van der Waals surface area contributed by atoms with Gasteiger partial charge in [0.2, 0.25) is 0 Å². The zero-order chi connectivity index (χ0) is 12.3. The van der Waals surface area contributed by atoms with Gasteiger partial charge in [-0.05, 0) is 25.3 Å². The van der Waals surface area contributed by atoms with E-state index in [9.17, 15) is 10.2 Å². The molecule has 17 heavy (non-hydrogen) atoms. The van der Waals surface area contributed by atoms with Crippen LogP contribution in [0.25, 0.3) is 0 Å². The van der Waals surface area contributed by atoms with Gasteiger partial charge in [-0.25, -0.2) is 0 Å². The summed E-state index contributed by atoms with van der Waals surface area (Å²) in [4.78, 5) is 0. The van der Waals surface area contributed by atoms with Crippen molar-refractivity contribution in [3.05, 3.63) is 35.9 Å². The summed E-state index contributed by atoms with van der Waals surface area (Å²) in [6.07, 6.45) is 1.58. The second-order valence-electron chi connectivity index (χ2n) is 5.17. The van der Waals surface area contributed by atoms with Crippen LogP contribution in [-0.4, -0.2) is 35.5 Å². The van der Waals surface area contributed by atoms with Gasteiger partial charge in [-0.15, -0.1) is 0 Å². The maximum absolute atomic E-state index is 9.61. The average Bonchev–Trinajstić information content (AvgIpc) is 2.29. The van der Waals surface area contributed by atoms with E-state index in [0.29, 0.717) is 12.6 Å². The molecule has 3 N–H and O–H groups in total. The number of hydrogen-bond donors (Lipinski definition) is 3. The van der Waals surface area contributed by atoms with E-state index in [1.807, 2.05) is 18.2 Å². The molecule has 3 heteroatoms. The zero-order valence-electron chi connectivity index (χ0n) is 10.3. The van der Waals surface area contributed by atoms with Gasteiger partial charge in [0.25, 0.3) is 0 Å². The van der Waals surface area contributed by atoms with Crippen LogP contribution in [0.4, 0.5) is 0 Å². The van der Waals surface area contributed by atoms with Gasteiger partial charge in [-0.3, -0.25) is 0 Å². The van der Waals surface area contributed by atoms with E-state index in [4.69, 9.17) is 0 Å². The molecule has 2 rings (SSSR count). The molecule has 0 aromatic heterocycles. The number of benzene rings is 1. The Balaban J connectivity index is 1.93. The first-order chi connectivity index (χ1) is 8.16. The molecule has 0 heterocycles. The topological polar surface area (TPSA) is 52.5 Å². The Morgan fingerprint density at radius 3 is 2.53 bits per heavy atom. The smallest absolute Gasteiger partial charge is 0.0636 e. The third kappa shape index (κ3) is 2.68. The lowest BCUT2D eigenvalue weighted by Gasteiger charge is -2.47. The van der Waals surface area contributed by atoms with Crippen molar-refractivity contribution in [2.24, 2.45) is 0 Å². The maximum Gasteiger partial charge on any atom is 0.0636 e. The molecule has 1 aliphatic rings. The lowest BCUT2D eigenvalue weighted by atomic mass is 9.62. The summed E-state index contributed by atoms with van der Waals surface area (Å²) in [6, 6.07) is 10.6. The molecule has 1 aliphatic carbocycles. The molecule has 1 saturated carbocycles. The van der Waals surface area contributed by atoms with Crippen LogP contribution in [0.15, 0.2) is 30.3 Å². The van der Waals surface area contributed by atoms with E-state index in [2.05, 4.69) is 17.4 Å². The van der Waals surface area contributed by atoms with Gasteiger partial charge in [0.1, 0.15) is 0 Å². The number of aliphatic hydroxyl groups excluding tert-OH is 2. The molecule has 1 aromatic rings. The normalized spacial score (nSPS) is 29.7. The predicted molar refractivity (Wildman–Crippen MR) is 67.9 cm³/mol. The molecule has 0 spiro atoms. The molecule has 0 bridgehead atoms. The predicted octanol–water partition coefficient (Wildman–Crippen LogP) is 1.05. The van der Waals surface area contributed by atoms with E-state index in [1.165, 1.54) is 5.56 Å². The van der Waals surface area contributed by atoms with Crippen LogP contribution in [0.5, 0.6) is 0 Å². The van der Waals surface area contributed by atoms with Crippen LogP contribution in [-0.2, 0) is 5.41 Å². The van der Waals surface area contributed by atoms with Crippen LogP contribution in [0, 0.1) is 0 Å². The average molecular weight is 235 g/mol. The molecule has 0 aliphatic heterocycles. The Hall–Kier alpha value is -0.900. The summed E-state index contributed by atoms with van der Waals surface area (Å²) in [6.45, 7) is 2.60. The van der Waals surface area contributed by atoms with E-state index in [0.717, 1.165) is 12.8 Å². The summed E-state index contributed by atoms with van der Waals surface area (Å²) >= 11 is 0. The lowest BCUT2D eigenvalue weighted by Crippen LogP contribution is -2.54. The Morgan fingerprint density at radius 1 is 1.35 bits per heavy atom. The van der Waals surface area contributed by atoms with Crippen molar-refractivity contribution >= 4 is 0 Å². The minimum Gasteiger partial charge on any atom is -0.395 e. The first-order valence-corrected chi connectivity index (χ1v) is 6.24. The number of nitrogens with one attached hydrogen (secondary N) is 1. The Bertz CT molecular complexity index is 344. The molecule has 94 valence electrons. The summed E-state index contributed by atoms with van der Waals surface area (Å²) in [5.41, 5.74) is 1.15. The summed E-state index contributed by atoms with van der Waals surface area (Å²) in [7, 11) is 0. The second kappa shape index (κ2) is 5.17. The van der Waals surface area contributed by atoms with Gasteiger partial charge < -0.3 is 15.5 Å². The van der Waals surface area contributed by atoms with Gasteiger partial charge in [0, 0.05) is 18.0 Å². The fourth-order valence-electron chi connectivity index (χ4n) is 2.61. The standard InChI is InChI=1S/C14H21NO2/c1-11(17)9-15-13-7-14(8-13,10-16)12-5-3-2-4-6-12/h2-6,11,13,15-17H,7-10H2,1H3/t11-,13?,14?/m0/s1. The molecule has 0 saturated heterocycles. The number of hydrogen-bond acceptors (Lipinski definition) is 3. The molecule has 1 fully saturated rings. The van der Waals surface area contributed by atoms with Crippen molar-refractivity contribution in [1.29, 1.82) is 0 Å². The van der Waals surface area contributed by atoms with E-state index < -0.39 is 0 Å². The van der Waals surface area contributed by atoms with Crippen LogP contribution < -0.4 is 5.32 Å². The molecular weight excluding hydrogens is 214 g/mol. The molecule has 0 radical (unpaired) electrons. The zero-order valence-corrected chi connectivity index (χ0v) is 10.3. The Morgan fingerprint density at radius 2 is 2.00 bits per heavy atom. The number of aliphatic hydroxyl groups is 2. The monoisotopic (exact) mass is 235 g/mol. The quantitative estimate of drug-likeness (QED) is 0.715. The summed E-state index contributed by atoms with van der Waals surface area (Å²) < 4.78 is 0. The van der Waals surface area contributed by atoms with Crippen molar-refractivity contribution in [1.82, 2.24) is 5.32 Å². The fraction of sp³-hybridized carbons (Fsp3) is 0.571. The van der Waals surface area contributed by atoms with Gasteiger partial charge >= 0.3 is 0 Å². The van der Waals surface area contributed by atoms with E-state index >= 15 is 0 Å². The highest BCUT2D eigenvalue weighted by Gasteiger charge is 2.44. The molecule has 0 amide bonds. The van der Waals surface area contributed by atoms with Gasteiger partial charge in [0.15, 0.2) is 0 Å². The van der Waals surface area contributed by atoms with Gasteiger partial charge in [0.05, 0.1) is 12.7 Å². The molecular formula is C14H21NO2. The number of rotatable bonds is 5. The summed E-state index contributed by atoms with van der Waals surface area (Å²) in [5.74, 6) is 0. The van der Waals surface area contributed by atoms with Crippen LogP contribution >= 0.6 is 0 Å². The van der Waals surface area contributed by atoms with Crippen molar-refractivity contribution in [2.75, 3.05) is 13.2 Å². The first-order valence-electron chi connectivity index (χ1n) is 6.24. The van der Waals surface area contributed by atoms with Gasteiger partial charge in [-0.2, -0.15) is 0 Å². The van der Waals surface area contributed by atoms with Crippen LogP contribution in [0.2, 0.25) is 0 Å². The Labute approximate surface area is 102 Å². The third-order valence-corrected chi connectivity index (χ3v) is 3.67. The van der Waals surface area contributed by atoms with Crippen molar-refractivity contribution < 1.29 is 10.2 Å². The minimum absolute atomic E-state index is 0.0718. The van der Waals surface area contributed by atoms with Crippen molar-refractivity contribution in [3.8, 4) is 0 Å². The largest absolute Gasteiger partial charge is 0.395 e. The second-order valence-corrected chi connectivity index (χ2v) is 5.17. The lowest BCUT2D eigenvalue weighted by molar-refractivity contribution is 0.0778. The minimum atomic E-state index is -0.309. The van der Waals surface area contributed by atoms with E-state index in [-0.39, 0.29) is 18.1 Å². The van der Waals surface area contributed by atoms with Crippen molar-refractivity contribution in [2.45, 2.75) is 37.3 Å². The van der Waals surface area contributed by atoms with Crippen LogP contribution in [0.3, 0.4) is 0 Å². The highest BCUT2D eigenvalue weighted by atomic mass is 16.3. The molecule has 1 aromatic carbocycles. The Kier molecular flexibility index (Phi) is 3.82. The highest BCUT2D eigenvalue weighted by molar-refractivity contribution is 5.29.